The molecule has 2 aliphatic rings. The highest BCUT2D eigenvalue weighted by Crippen LogP contribution is 2.29. The zero-order valence-electron chi connectivity index (χ0n) is 13.1. The summed E-state index contributed by atoms with van der Waals surface area (Å²) in [5, 5.41) is 15.5. The van der Waals surface area contributed by atoms with E-state index in [9.17, 15) is 9.59 Å². The van der Waals surface area contributed by atoms with Crippen LogP contribution in [0.2, 0.25) is 0 Å². The number of carboxylic acid groups (broad SMARTS) is 1. The number of anilines is 1. The predicted octanol–water partition coefficient (Wildman–Crippen LogP) is 3.18. The molecule has 7 heteroatoms. The molecule has 1 aromatic heterocycles. The number of hydrogen-bond acceptors (Lipinski definition) is 4. The number of aryl methyl sites for hydroxylation is 2. The molecule has 0 aliphatic heterocycles. The van der Waals surface area contributed by atoms with Gasteiger partial charge in [-0.1, -0.05) is 6.42 Å². The summed E-state index contributed by atoms with van der Waals surface area (Å²) in [6.07, 6.45) is 8.41. The van der Waals surface area contributed by atoms with Crippen LogP contribution in [-0.2, 0) is 17.6 Å². The van der Waals surface area contributed by atoms with Crippen molar-refractivity contribution in [2.24, 2.45) is 5.92 Å². The quantitative estimate of drug-likeness (QED) is 0.739. The number of aliphatic carboxylic acids is 1. The second-order valence-electron chi connectivity index (χ2n) is 6.43. The van der Waals surface area contributed by atoms with Crippen LogP contribution in [0.3, 0.4) is 0 Å². The summed E-state index contributed by atoms with van der Waals surface area (Å²) in [6, 6.07) is -0.170. The lowest BCUT2D eigenvalue weighted by Crippen LogP contribution is -2.40. The van der Waals surface area contributed by atoms with E-state index in [1.807, 2.05) is 0 Å². The van der Waals surface area contributed by atoms with E-state index >= 15 is 0 Å². The molecule has 0 aromatic carbocycles. The maximum atomic E-state index is 12.1. The van der Waals surface area contributed by atoms with Crippen LogP contribution in [0.1, 0.15) is 55.5 Å². The van der Waals surface area contributed by atoms with Crippen molar-refractivity contribution in [2.75, 3.05) is 5.32 Å². The third-order valence-corrected chi connectivity index (χ3v) is 5.80. The van der Waals surface area contributed by atoms with Gasteiger partial charge in [0.05, 0.1) is 11.6 Å². The SMILES string of the molecule is O=C(Nc1nc2c(s1)CCCCC2)NC1CCC(C(=O)O)CC1. The van der Waals surface area contributed by atoms with Crippen LogP contribution < -0.4 is 10.6 Å². The first-order chi connectivity index (χ1) is 11.1. The zero-order valence-corrected chi connectivity index (χ0v) is 14.0. The van der Waals surface area contributed by atoms with Crippen molar-refractivity contribution < 1.29 is 14.7 Å². The Balaban J connectivity index is 1.49. The Hall–Kier alpha value is -1.63. The monoisotopic (exact) mass is 337 g/mol. The highest BCUT2D eigenvalue weighted by molar-refractivity contribution is 7.15. The van der Waals surface area contributed by atoms with Gasteiger partial charge in [-0.05, 0) is 51.4 Å². The minimum absolute atomic E-state index is 0.0587. The number of hydrogen-bond donors (Lipinski definition) is 3. The van der Waals surface area contributed by atoms with Crippen LogP contribution in [0, 0.1) is 5.92 Å². The number of nitrogens with one attached hydrogen (secondary N) is 2. The van der Waals surface area contributed by atoms with Crippen LogP contribution >= 0.6 is 11.3 Å². The van der Waals surface area contributed by atoms with E-state index in [0.29, 0.717) is 18.0 Å². The summed E-state index contributed by atoms with van der Waals surface area (Å²) >= 11 is 1.58. The number of amides is 2. The number of aromatic nitrogens is 1. The van der Waals surface area contributed by atoms with E-state index in [-0.39, 0.29) is 18.0 Å². The molecule has 3 rings (SSSR count). The Morgan fingerprint density at radius 3 is 2.57 bits per heavy atom. The van der Waals surface area contributed by atoms with Crippen LogP contribution in [-0.4, -0.2) is 28.1 Å². The number of fused-ring (bicyclic) bond motifs is 1. The average Bonchev–Trinajstić information content (AvgIpc) is 2.76. The fourth-order valence-corrected chi connectivity index (χ4v) is 4.43. The van der Waals surface area contributed by atoms with Gasteiger partial charge >= 0.3 is 12.0 Å². The summed E-state index contributed by atoms with van der Waals surface area (Å²) in [6.45, 7) is 0. The first-order valence-corrected chi connectivity index (χ1v) is 9.22. The molecule has 2 amide bonds. The second-order valence-corrected chi connectivity index (χ2v) is 7.52. The average molecular weight is 337 g/mol. The van der Waals surface area contributed by atoms with Gasteiger partial charge in [-0.2, -0.15) is 0 Å². The molecule has 0 spiro atoms. The molecule has 1 saturated carbocycles. The maximum Gasteiger partial charge on any atom is 0.321 e. The molecule has 0 bridgehead atoms. The van der Waals surface area contributed by atoms with E-state index in [4.69, 9.17) is 5.11 Å². The standard InChI is InChI=1S/C16H23N3O3S/c20-14(21)10-6-8-11(9-7-10)17-15(22)19-16-18-12-4-2-1-3-5-13(12)23-16/h10-11H,1-9H2,(H,20,21)(H2,17,18,19,22). The van der Waals surface area contributed by atoms with Gasteiger partial charge in [0.15, 0.2) is 5.13 Å². The molecule has 6 nitrogen and oxygen atoms in total. The molecule has 1 heterocycles. The van der Waals surface area contributed by atoms with Crippen LogP contribution in [0.25, 0.3) is 0 Å². The number of carbonyl (C=O) groups is 2. The fourth-order valence-electron chi connectivity index (χ4n) is 3.39. The van der Waals surface area contributed by atoms with Crippen molar-refractivity contribution in [2.45, 2.75) is 63.8 Å². The lowest BCUT2D eigenvalue weighted by atomic mass is 9.86. The highest BCUT2D eigenvalue weighted by atomic mass is 32.1. The molecule has 0 radical (unpaired) electrons. The number of nitrogens with zero attached hydrogens (tertiary/aromatic N) is 1. The largest absolute Gasteiger partial charge is 0.481 e. The van der Waals surface area contributed by atoms with Crippen molar-refractivity contribution in [3.63, 3.8) is 0 Å². The number of rotatable bonds is 3. The van der Waals surface area contributed by atoms with Crippen LogP contribution in [0.15, 0.2) is 0 Å². The molecule has 0 unspecified atom stereocenters. The normalized spacial score (nSPS) is 24.3. The number of carbonyl (C=O) groups excluding carboxylic acids is 1. The molecular formula is C16H23N3O3S. The maximum absolute atomic E-state index is 12.1. The predicted molar refractivity (Wildman–Crippen MR) is 88.9 cm³/mol. The van der Waals surface area contributed by atoms with Crippen molar-refractivity contribution in [1.82, 2.24) is 10.3 Å². The lowest BCUT2D eigenvalue weighted by molar-refractivity contribution is -0.142. The van der Waals surface area contributed by atoms with Crippen molar-refractivity contribution in [1.29, 1.82) is 0 Å². The van der Waals surface area contributed by atoms with E-state index in [1.54, 1.807) is 11.3 Å². The number of urea groups is 1. The van der Waals surface area contributed by atoms with E-state index in [1.165, 1.54) is 24.1 Å². The van der Waals surface area contributed by atoms with Crippen molar-refractivity contribution in [3.8, 4) is 0 Å². The summed E-state index contributed by atoms with van der Waals surface area (Å²) in [7, 11) is 0. The highest BCUT2D eigenvalue weighted by Gasteiger charge is 2.27. The molecule has 3 N–H and O–H groups in total. The molecule has 1 aromatic rings. The Kier molecular flexibility index (Phi) is 5.15. The fraction of sp³-hybridized carbons (Fsp3) is 0.688. The summed E-state index contributed by atoms with van der Waals surface area (Å²) in [4.78, 5) is 28.9. The second kappa shape index (κ2) is 7.29. The van der Waals surface area contributed by atoms with Gasteiger partial charge in [0, 0.05) is 10.9 Å². The lowest BCUT2D eigenvalue weighted by Gasteiger charge is -2.26. The Morgan fingerprint density at radius 2 is 1.83 bits per heavy atom. The van der Waals surface area contributed by atoms with Crippen LogP contribution in [0.4, 0.5) is 9.93 Å². The first-order valence-electron chi connectivity index (χ1n) is 8.40. The Morgan fingerprint density at radius 1 is 1.09 bits per heavy atom. The molecule has 0 atom stereocenters. The van der Waals surface area contributed by atoms with Gasteiger partial charge in [-0.15, -0.1) is 11.3 Å². The third-order valence-electron chi connectivity index (χ3n) is 4.73. The molecular weight excluding hydrogens is 314 g/mol. The van der Waals surface area contributed by atoms with Gasteiger partial charge in [-0.3, -0.25) is 10.1 Å². The molecule has 23 heavy (non-hydrogen) atoms. The third kappa shape index (κ3) is 4.22. The number of thiazole rings is 1. The Labute approximate surface area is 139 Å². The molecule has 0 saturated heterocycles. The van der Waals surface area contributed by atoms with Gasteiger partial charge in [-0.25, -0.2) is 9.78 Å². The van der Waals surface area contributed by atoms with E-state index in [2.05, 4.69) is 15.6 Å². The molecule has 1 fully saturated rings. The van der Waals surface area contributed by atoms with Gasteiger partial charge < -0.3 is 10.4 Å². The van der Waals surface area contributed by atoms with Crippen molar-refractivity contribution >= 4 is 28.5 Å². The van der Waals surface area contributed by atoms with E-state index in [0.717, 1.165) is 31.4 Å². The summed E-state index contributed by atoms with van der Waals surface area (Å²) in [5.41, 5.74) is 1.14. The molecule has 2 aliphatic carbocycles. The first kappa shape index (κ1) is 16.2. The van der Waals surface area contributed by atoms with Gasteiger partial charge in [0.2, 0.25) is 0 Å². The zero-order chi connectivity index (χ0) is 16.2. The summed E-state index contributed by atoms with van der Waals surface area (Å²) in [5.74, 6) is -0.983. The van der Waals surface area contributed by atoms with Gasteiger partial charge in [0.25, 0.3) is 0 Å². The topological polar surface area (TPSA) is 91.3 Å². The molecule has 126 valence electrons. The van der Waals surface area contributed by atoms with Crippen LogP contribution in [0.5, 0.6) is 0 Å². The van der Waals surface area contributed by atoms with Crippen molar-refractivity contribution in [3.05, 3.63) is 10.6 Å². The minimum Gasteiger partial charge on any atom is -0.481 e. The summed E-state index contributed by atoms with van der Waals surface area (Å²) < 4.78 is 0. The van der Waals surface area contributed by atoms with E-state index < -0.39 is 5.97 Å². The number of carboxylic acids is 1. The minimum atomic E-state index is -0.725. The van der Waals surface area contributed by atoms with Gasteiger partial charge in [0.1, 0.15) is 0 Å². The Bertz CT molecular complexity index is 556. The smallest absolute Gasteiger partial charge is 0.321 e.